The molecule has 2 fully saturated rings. The van der Waals surface area contributed by atoms with Crippen LogP contribution in [0.1, 0.15) is 45.4 Å². The van der Waals surface area contributed by atoms with E-state index in [2.05, 4.69) is 17.6 Å². The Kier molecular flexibility index (Phi) is 4.05. The molecule has 1 aliphatic heterocycles. The molecule has 0 aromatic rings. The van der Waals surface area contributed by atoms with Crippen LogP contribution in [0, 0.1) is 5.92 Å². The minimum Gasteiger partial charge on any atom is -0.389 e. The molecule has 1 saturated heterocycles. The fourth-order valence-corrected chi connectivity index (χ4v) is 3.10. The molecule has 1 aliphatic carbocycles. The van der Waals surface area contributed by atoms with Gasteiger partial charge < -0.3 is 15.7 Å². The van der Waals surface area contributed by atoms with Crippen LogP contribution in [0.4, 0.5) is 0 Å². The summed E-state index contributed by atoms with van der Waals surface area (Å²) < 4.78 is 0. The lowest BCUT2D eigenvalue weighted by atomic mass is 9.79. The fourth-order valence-electron chi connectivity index (χ4n) is 3.10. The predicted molar refractivity (Wildman–Crippen MR) is 66.6 cm³/mol. The zero-order chi connectivity index (χ0) is 12.3. The highest BCUT2D eigenvalue weighted by Crippen LogP contribution is 2.31. The smallest absolute Gasteiger partial charge is 0.220 e. The van der Waals surface area contributed by atoms with Crippen molar-refractivity contribution in [3.8, 4) is 0 Å². The maximum absolute atomic E-state index is 11.0. The van der Waals surface area contributed by atoms with Gasteiger partial charge in [0.1, 0.15) is 0 Å². The van der Waals surface area contributed by atoms with E-state index in [0.717, 1.165) is 32.2 Å². The van der Waals surface area contributed by atoms with Crippen molar-refractivity contribution in [2.24, 2.45) is 5.92 Å². The highest BCUT2D eigenvalue weighted by molar-refractivity contribution is 5.78. The Hall–Kier alpha value is -0.610. The lowest BCUT2D eigenvalue weighted by Crippen LogP contribution is -2.47. The van der Waals surface area contributed by atoms with Gasteiger partial charge in [-0.2, -0.15) is 0 Å². The number of nitrogens with one attached hydrogen (secondary N) is 2. The van der Waals surface area contributed by atoms with E-state index in [0.29, 0.717) is 18.9 Å². The molecule has 0 radical (unpaired) electrons. The van der Waals surface area contributed by atoms with E-state index in [9.17, 15) is 9.90 Å². The number of aliphatic hydroxyl groups is 1. The van der Waals surface area contributed by atoms with Crippen LogP contribution in [-0.2, 0) is 4.79 Å². The monoisotopic (exact) mass is 240 g/mol. The molecule has 0 aromatic heterocycles. The van der Waals surface area contributed by atoms with E-state index in [-0.39, 0.29) is 11.9 Å². The maximum atomic E-state index is 11.0. The van der Waals surface area contributed by atoms with Gasteiger partial charge in [-0.15, -0.1) is 0 Å². The zero-order valence-corrected chi connectivity index (χ0v) is 10.7. The SMILES string of the molecule is CC1CCCC(O)(CNCC2CCC(=O)N2)C1. The molecule has 2 rings (SSSR count). The van der Waals surface area contributed by atoms with Crippen molar-refractivity contribution in [2.45, 2.75) is 57.1 Å². The van der Waals surface area contributed by atoms with E-state index in [4.69, 9.17) is 0 Å². The molecule has 4 heteroatoms. The van der Waals surface area contributed by atoms with E-state index in [1.807, 2.05) is 0 Å². The molecule has 0 spiro atoms. The Morgan fingerprint density at radius 1 is 1.53 bits per heavy atom. The summed E-state index contributed by atoms with van der Waals surface area (Å²) in [7, 11) is 0. The van der Waals surface area contributed by atoms with E-state index in [1.54, 1.807) is 0 Å². The summed E-state index contributed by atoms with van der Waals surface area (Å²) in [5, 5.41) is 16.7. The Morgan fingerprint density at radius 3 is 3.00 bits per heavy atom. The largest absolute Gasteiger partial charge is 0.389 e. The van der Waals surface area contributed by atoms with E-state index in [1.165, 1.54) is 6.42 Å². The lowest BCUT2D eigenvalue weighted by molar-refractivity contribution is -0.119. The van der Waals surface area contributed by atoms with Crippen LogP contribution >= 0.6 is 0 Å². The van der Waals surface area contributed by atoms with Gasteiger partial charge in [-0.3, -0.25) is 4.79 Å². The second-order valence-electron chi connectivity index (χ2n) is 5.86. The summed E-state index contributed by atoms with van der Waals surface area (Å²) >= 11 is 0. The molecule has 98 valence electrons. The predicted octanol–water partition coefficient (Wildman–Crippen LogP) is 0.796. The molecule has 17 heavy (non-hydrogen) atoms. The van der Waals surface area contributed by atoms with Crippen LogP contribution in [0.5, 0.6) is 0 Å². The van der Waals surface area contributed by atoms with Crippen molar-refractivity contribution in [1.29, 1.82) is 0 Å². The van der Waals surface area contributed by atoms with Gasteiger partial charge in [0, 0.05) is 25.6 Å². The first-order valence-electron chi connectivity index (χ1n) is 6.80. The Balaban J connectivity index is 1.68. The molecule has 2 aliphatic rings. The maximum Gasteiger partial charge on any atom is 0.220 e. The highest BCUT2D eigenvalue weighted by Gasteiger charge is 2.32. The fraction of sp³-hybridized carbons (Fsp3) is 0.923. The van der Waals surface area contributed by atoms with Gasteiger partial charge >= 0.3 is 0 Å². The van der Waals surface area contributed by atoms with Crippen LogP contribution < -0.4 is 10.6 Å². The van der Waals surface area contributed by atoms with Crippen molar-refractivity contribution in [3.05, 3.63) is 0 Å². The van der Waals surface area contributed by atoms with Crippen molar-refractivity contribution in [3.63, 3.8) is 0 Å². The second kappa shape index (κ2) is 5.36. The van der Waals surface area contributed by atoms with Gasteiger partial charge in [0.15, 0.2) is 0 Å². The molecule has 1 amide bonds. The first-order chi connectivity index (χ1) is 8.07. The number of carbonyl (C=O) groups excluding carboxylic acids is 1. The third-order valence-corrected chi connectivity index (χ3v) is 4.00. The standard InChI is InChI=1S/C13H24N2O2/c1-10-3-2-6-13(17,7-10)9-14-8-11-4-5-12(16)15-11/h10-11,14,17H,2-9H2,1H3,(H,15,16). The number of rotatable bonds is 4. The van der Waals surface area contributed by atoms with Crippen LogP contribution in [0.2, 0.25) is 0 Å². The Labute approximate surface area is 103 Å². The van der Waals surface area contributed by atoms with E-state index >= 15 is 0 Å². The summed E-state index contributed by atoms with van der Waals surface area (Å²) in [6.45, 7) is 3.65. The number of amides is 1. The van der Waals surface area contributed by atoms with Gasteiger partial charge in [-0.05, 0) is 25.2 Å². The van der Waals surface area contributed by atoms with Crippen LogP contribution in [0.25, 0.3) is 0 Å². The van der Waals surface area contributed by atoms with Gasteiger partial charge in [-0.25, -0.2) is 0 Å². The molecule has 4 nitrogen and oxygen atoms in total. The molecule has 3 N–H and O–H groups in total. The summed E-state index contributed by atoms with van der Waals surface area (Å²) in [4.78, 5) is 11.0. The van der Waals surface area contributed by atoms with Gasteiger partial charge in [0.25, 0.3) is 0 Å². The number of hydrogen-bond acceptors (Lipinski definition) is 3. The number of carbonyl (C=O) groups is 1. The molecular weight excluding hydrogens is 216 g/mol. The number of hydrogen-bond donors (Lipinski definition) is 3. The third kappa shape index (κ3) is 3.68. The third-order valence-electron chi connectivity index (χ3n) is 4.00. The summed E-state index contributed by atoms with van der Waals surface area (Å²) in [5.41, 5.74) is -0.528. The van der Waals surface area contributed by atoms with Gasteiger partial charge in [0.2, 0.25) is 5.91 Å². The summed E-state index contributed by atoms with van der Waals surface area (Å²) in [5.74, 6) is 0.781. The highest BCUT2D eigenvalue weighted by atomic mass is 16.3. The normalized spacial score (nSPS) is 38.1. The first kappa shape index (κ1) is 12.8. The summed E-state index contributed by atoms with van der Waals surface area (Å²) in [6, 6.07) is 0.257. The van der Waals surface area contributed by atoms with Crippen LogP contribution in [0.15, 0.2) is 0 Å². The zero-order valence-electron chi connectivity index (χ0n) is 10.7. The van der Waals surface area contributed by atoms with Crippen molar-refractivity contribution in [2.75, 3.05) is 13.1 Å². The average Bonchev–Trinajstić information content (AvgIpc) is 2.63. The molecule has 3 unspecified atom stereocenters. The quantitative estimate of drug-likeness (QED) is 0.681. The van der Waals surface area contributed by atoms with Gasteiger partial charge in [-0.1, -0.05) is 19.8 Å². The van der Waals surface area contributed by atoms with E-state index < -0.39 is 5.60 Å². The van der Waals surface area contributed by atoms with Crippen molar-refractivity contribution in [1.82, 2.24) is 10.6 Å². The molecule has 0 bridgehead atoms. The van der Waals surface area contributed by atoms with Crippen LogP contribution in [0.3, 0.4) is 0 Å². The Bertz CT molecular complexity index is 283. The van der Waals surface area contributed by atoms with Crippen molar-refractivity contribution >= 4 is 5.91 Å². The van der Waals surface area contributed by atoms with Crippen molar-refractivity contribution < 1.29 is 9.90 Å². The van der Waals surface area contributed by atoms with Gasteiger partial charge in [0.05, 0.1) is 5.60 Å². The molecule has 1 saturated carbocycles. The average molecular weight is 240 g/mol. The topological polar surface area (TPSA) is 61.4 Å². The molecule has 3 atom stereocenters. The Morgan fingerprint density at radius 2 is 2.35 bits per heavy atom. The molecular formula is C13H24N2O2. The molecule has 1 heterocycles. The molecule has 0 aromatic carbocycles. The van der Waals surface area contributed by atoms with Crippen LogP contribution in [-0.4, -0.2) is 35.7 Å². The minimum atomic E-state index is -0.528. The summed E-state index contributed by atoms with van der Waals surface area (Å²) in [6.07, 6.45) is 5.73. The minimum absolute atomic E-state index is 0.154. The second-order valence-corrected chi connectivity index (χ2v) is 5.86. The lowest BCUT2D eigenvalue weighted by Gasteiger charge is -2.36. The first-order valence-corrected chi connectivity index (χ1v) is 6.80.